The molecule has 0 radical (unpaired) electrons. The molecule has 2 aromatic heterocycles. The fraction of sp³-hybridized carbons (Fsp3) is 0.133. The molecule has 122 valence electrons. The summed E-state index contributed by atoms with van der Waals surface area (Å²) >= 11 is 0. The van der Waals surface area contributed by atoms with Crippen molar-refractivity contribution in [2.75, 3.05) is 0 Å². The quantitative estimate of drug-likeness (QED) is 0.632. The van der Waals surface area contributed by atoms with E-state index < -0.39 is 11.2 Å². The second-order valence-corrected chi connectivity index (χ2v) is 5.22. The van der Waals surface area contributed by atoms with Crippen LogP contribution < -0.4 is 16.8 Å². The van der Waals surface area contributed by atoms with Gasteiger partial charge in [-0.15, -0.1) is 10.2 Å². The minimum absolute atomic E-state index is 0.0844. The van der Waals surface area contributed by atoms with Crippen molar-refractivity contribution >= 4 is 11.4 Å². The first-order valence-corrected chi connectivity index (χ1v) is 7.08. The predicted molar refractivity (Wildman–Crippen MR) is 87.7 cm³/mol. The van der Waals surface area contributed by atoms with Crippen LogP contribution in [0.25, 0.3) is 5.69 Å². The van der Waals surface area contributed by atoms with E-state index in [0.29, 0.717) is 11.4 Å². The third kappa shape index (κ3) is 2.86. The van der Waals surface area contributed by atoms with E-state index in [0.717, 1.165) is 11.8 Å². The summed E-state index contributed by atoms with van der Waals surface area (Å²) < 4.78 is 1.35. The molecule has 0 saturated carbocycles. The summed E-state index contributed by atoms with van der Waals surface area (Å²) in [6.45, 7) is 3.63. The Hall–Kier alpha value is -3.49. The zero-order chi connectivity index (χ0) is 17.3. The molecule has 0 atom stereocenters. The van der Waals surface area contributed by atoms with Gasteiger partial charge in [-0.25, -0.2) is 9.48 Å². The van der Waals surface area contributed by atoms with Gasteiger partial charge in [-0.3, -0.25) is 19.7 Å². The summed E-state index contributed by atoms with van der Waals surface area (Å²) in [7, 11) is 0. The number of H-pyrrole nitrogens is 3. The maximum Gasteiger partial charge on any atom is 0.325 e. The second kappa shape index (κ2) is 5.95. The first kappa shape index (κ1) is 15.4. The number of hydrogen-bond donors (Lipinski definition) is 3. The molecule has 3 aromatic rings. The molecule has 3 N–H and O–H groups in total. The van der Waals surface area contributed by atoms with E-state index >= 15 is 0 Å². The Morgan fingerprint density at radius 3 is 2.38 bits per heavy atom. The highest BCUT2D eigenvalue weighted by Gasteiger charge is 2.12. The molecule has 0 saturated heterocycles. The van der Waals surface area contributed by atoms with Gasteiger partial charge in [0.05, 0.1) is 11.4 Å². The lowest BCUT2D eigenvalue weighted by Gasteiger charge is -2.01. The summed E-state index contributed by atoms with van der Waals surface area (Å²) in [5, 5.41) is 10.5. The van der Waals surface area contributed by atoms with E-state index in [9.17, 15) is 14.4 Å². The molecule has 3 rings (SSSR count). The van der Waals surface area contributed by atoms with Crippen molar-refractivity contribution in [3.8, 4) is 5.69 Å². The molecule has 0 spiro atoms. The van der Waals surface area contributed by atoms with E-state index in [2.05, 4.69) is 20.3 Å². The fourth-order valence-corrected chi connectivity index (χ4v) is 2.11. The number of hydrogen-bond acceptors (Lipinski definition) is 5. The fourth-order valence-electron chi connectivity index (χ4n) is 2.11. The number of nitrogens with zero attached hydrogens (tertiary/aromatic N) is 3. The summed E-state index contributed by atoms with van der Waals surface area (Å²) in [5.41, 5.74) is 0.515. The minimum Gasteiger partial charge on any atom is -0.312 e. The lowest BCUT2D eigenvalue weighted by Crippen LogP contribution is -2.20. The third-order valence-electron chi connectivity index (χ3n) is 3.39. The Morgan fingerprint density at radius 2 is 1.71 bits per heavy atom. The lowest BCUT2D eigenvalue weighted by atomic mass is 10.2. The third-order valence-corrected chi connectivity index (χ3v) is 3.39. The minimum atomic E-state index is -0.686. The highest BCUT2D eigenvalue weighted by Crippen LogP contribution is 2.16. The van der Waals surface area contributed by atoms with Gasteiger partial charge in [0.2, 0.25) is 0 Å². The highest BCUT2D eigenvalue weighted by molar-refractivity contribution is 5.44. The summed E-state index contributed by atoms with van der Waals surface area (Å²) in [4.78, 5) is 39.3. The average Bonchev–Trinajstić information content (AvgIpc) is 2.82. The van der Waals surface area contributed by atoms with Crippen molar-refractivity contribution < 1.29 is 0 Å². The molecule has 0 amide bonds. The Balaban J connectivity index is 2.02. The predicted octanol–water partition coefficient (Wildman–Crippen LogP) is 1.57. The SMILES string of the molecule is Cc1ccc(-n2[nH]c(C)c(N=Nc3c[nH]c(=O)[nH]c3=O)c2=O)cc1. The molecule has 0 fully saturated rings. The molecule has 0 aliphatic rings. The average molecular weight is 326 g/mol. The van der Waals surface area contributed by atoms with E-state index in [-0.39, 0.29) is 16.9 Å². The van der Waals surface area contributed by atoms with Crippen LogP contribution in [0.4, 0.5) is 11.4 Å². The zero-order valence-corrected chi connectivity index (χ0v) is 13.0. The van der Waals surface area contributed by atoms with Gasteiger partial charge >= 0.3 is 5.69 Å². The Morgan fingerprint density at radius 1 is 1.00 bits per heavy atom. The summed E-state index contributed by atoms with van der Waals surface area (Å²) in [6.07, 6.45) is 1.13. The van der Waals surface area contributed by atoms with Crippen LogP contribution in [0.2, 0.25) is 0 Å². The second-order valence-electron chi connectivity index (χ2n) is 5.22. The molecule has 0 aliphatic heterocycles. The van der Waals surface area contributed by atoms with Crippen LogP contribution in [-0.4, -0.2) is 19.7 Å². The number of aromatic nitrogens is 4. The maximum atomic E-state index is 12.5. The number of rotatable bonds is 3. The first-order chi connectivity index (χ1) is 11.5. The molecule has 0 unspecified atom stereocenters. The van der Waals surface area contributed by atoms with Crippen molar-refractivity contribution in [1.29, 1.82) is 0 Å². The summed E-state index contributed by atoms with van der Waals surface area (Å²) in [6, 6.07) is 7.39. The van der Waals surface area contributed by atoms with Gasteiger partial charge in [0.15, 0.2) is 11.4 Å². The Labute approximate surface area is 134 Å². The van der Waals surface area contributed by atoms with Gasteiger partial charge < -0.3 is 4.98 Å². The number of benzene rings is 1. The number of aryl methyl sites for hydroxylation is 2. The number of aromatic amines is 3. The molecular formula is C15H14N6O3. The van der Waals surface area contributed by atoms with Crippen LogP contribution in [0.3, 0.4) is 0 Å². The highest BCUT2D eigenvalue weighted by atomic mass is 16.2. The van der Waals surface area contributed by atoms with Crippen molar-refractivity contribution in [1.82, 2.24) is 19.7 Å². The molecular weight excluding hydrogens is 312 g/mol. The monoisotopic (exact) mass is 326 g/mol. The molecule has 1 aromatic carbocycles. The molecule has 0 bridgehead atoms. The van der Waals surface area contributed by atoms with E-state index in [1.54, 1.807) is 19.1 Å². The lowest BCUT2D eigenvalue weighted by molar-refractivity contribution is 0.835. The topological polar surface area (TPSA) is 128 Å². The molecule has 2 heterocycles. The molecule has 9 nitrogen and oxygen atoms in total. The van der Waals surface area contributed by atoms with Gasteiger partial charge in [0.25, 0.3) is 11.1 Å². The largest absolute Gasteiger partial charge is 0.325 e. The first-order valence-electron chi connectivity index (χ1n) is 7.08. The smallest absolute Gasteiger partial charge is 0.312 e. The molecule has 9 heteroatoms. The Kier molecular flexibility index (Phi) is 3.82. The standard InChI is InChI=1S/C15H14N6O3/c1-8-3-5-10(6-4-8)21-14(23)12(9(2)20-21)19-18-11-7-16-15(24)17-13(11)22/h3-7,20H,1-2H3,(H2,16,17,22,24). The van der Waals surface area contributed by atoms with Gasteiger partial charge in [0, 0.05) is 6.20 Å². The van der Waals surface area contributed by atoms with E-state index in [4.69, 9.17) is 0 Å². The van der Waals surface area contributed by atoms with Crippen LogP contribution in [0.15, 0.2) is 55.1 Å². The van der Waals surface area contributed by atoms with Crippen molar-refractivity contribution in [3.05, 3.63) is 72.9 Å². The van der Waals surface area contributed by atoms with Gasteiger partial charge in [0.1, 0.15) is 0 Å². The van der Waals surface area contributed by atoms with Gasteiger partial charge in [-0.1, -0.05) is 17.7 Å². The molecule has 0 aliphatic carbocycles. The number of nitrogens with one attached hydrogen (secondary N) is 3. The van der Waals surface area contributed by atoms with Gasteiger partial charge in [-0.05, 0) is 26.0 Å². The van der Waals surface area contributed by atoms with Crippen molar-refractivity contribution in [3.63, 3.8) is 0 Å². The van der Waals surface area contributed by atoms with Crippen LogP contribution >= 0.6 is 0 Å². The van der Waals surface area contributed by atoms with Crippen molar-refractivity contribution in [2.24, 2.45) is 10.2 Å². The maximum absolute atomic E-state index is 12.5. The van der Waals surface area contributed by atoms with E-state index in [1.807, 2.05) is 24.0 Å². The van der Waals surface area contributed by atoms with Gasteiger partial charge in [-0.2, -0.15) is 0 Å². The zero-order valence-electron chi connectivity index (χ0n) is 13.0. The summed E-state index contributed by atoms with van der Waals surface area (Å²) in [5.74, 6) is 0. The van der Waals surface area contributed by atoms with Crippen LogP contribution in [0.5, 0.6) is 0 Å². The van der Waals surface area contributed by atoms with E-state index in [1.165, 1.54) is 4.68 Å². The Bertz CT molecular complexity index is 1080. The number of azo groups is 1. The van der Waals surface area contributed by atoms with Crippen LogP contribution in [0.1, 0.15) is 11.3 Å². The van der Waals surface area contributed by atoms with Crippen LogP contribution in [0, 0.1) is 13.8 Å². The van der Waals surface area contributed by atoms with Crippen LogP contribution in [-0.2, 0) is 0 Å². The normalized spacial score (nSPS) is 11.2. The van der Waals surface area contributed by atoms with Crippen molar-refractivity contribution in [2.45, 2.75) is 13.8 Å². The molecule has 24 heavy (non-hydrogen) atoms.